The second kappa shape index (κ2) is 16.1. The van der Waals surface area contributed by atoms with Crippen molar-refractivity contribution in [2.24, 2.45) is 0 Å². The summed E-state index contributed by atoms with van der Waals surface area (Å²) >= 11 is 6.50. The van der Waals surface area contributed by atoms with Crippen LogP contribution in [0.5, 0.6) is 23.0 Å². The molecule has 1 aliphatic rings. The van der Waals surface area contributed by atoms with E-state index in [2.05, 4.69) is 5.32 Å². The van der Waals surface area contributed by atoms with Gasteiger partial charge in [-0.2, -0.15) is 0 Å². The van der Waals surface area contributed by atoms with Gasteiger partial charge >= 0.3 is 0 Å². The number of benzene rings is 3. The molecule has 47 heavy (non-hydrogen) atoms. The summed E-state index contributed by atoms with van der Waals surface area (Å²) in [5.74, 6) is 0.0792. The van der Waals surface area contributed by atoms with Crippen molar-refractivity contribution in [2.45, 2.75) is 62.6 Å². The predicted molar refractivity (Wildman–Crippen MR) is 180 cm³/mol. The van der Waals surface area contributed by atoms with Crippen molar-refractivity contribution < 1.29 is 37.0 Å². The monoisotopic (exact) mass is 687 g/mol. The molecule has 1 N–H and O–H groups in total. The normalized spacial score (nSPS) is 14.1. The Morgan fingerprint density at radius 3 is 2.17 bits per heavy atom. The standard InChI is InChI=1S/C34H42ClN3O8S/c1-23(34(40)36-25-12-7-6-8-13-25)37(21-24-11-9-10-14-28(24)35)33(39)22-38(29-19-26(43-2)15-17-30(29)44-3)47(41,42)27-16-18-31(45-4)32(20-27)46-5/h9-11,14-20,23,25H,6-8,12-13,21-22H2,1-5H3,(H,36,40). The van der Waals surface area contributed by atoms with Crippen LogP contribution in [0.25, 0.3) is 0 Å². The van der Waals surface area contributed by atoms with E-state index in [0.717, 1.165) is 36.4 Å². The molecule has 0 saturated heterocycles. The second-order valence-corrected chi connectivity index (χ2v) is 13.5. The summed E-state index contributed by atoms with van der Waals surface area (Å²) in [6.45, 7) is 0.926. The van der Waals surface area contributed by atoms with Crippen molar-refractivity contribution in [3.63, 3.8) is 0 Å². The van der Waals surface area contributed by atoms with Gasteiger partial charge in [0.05, 0.1) is 39.0 Å². The number of carbonyl (C=O) groups excluding carboxylic acids is 2. The minimum atomic E-state index is -4.46. The predicted octanol–water partition coefficient (Wildman–Crippen LogP) is 5.44. The molecule has 1 unspecified atom stereocenters. The summed E-state index contributed by atoms with van der Waals surface area (Å²) in [6, 6.07) is 14.9. The van der Waals surface area contributed by atoms with E-state index >= 15 is 0 Å². The molecule has 0 bridgehead atoms. The maximum Gasteiger partial charge on any atom is 0.265 e. The van der Waals surface area contributed by atoms with Gasteiger partial charge in [0.1, 0.15) is 24.1 Å². The molecule has 1 saturated carbocycles. The molecular formula is C34H42ClN3O8S. The molecule has 0 heterocycles. The van der Waals surface area contributed by atoms with Crippen LogP contribution in [-0.2, 0) is 26.2 Å². The van der Waals surface area contributed by atoms with Crippen molar-refractivity contribution in [2.75, 3.05) is 39.3 Å². The van der Waals surface area contributed by atoms with Crippen molar-refractivity contribution in [1.29, 1.82) is 0 Å². The molecule has 3 aromatic carbocycles. The maximum atomic E-state index is 14.5. The van der Waals surface area contributed by atoms with E-state index in [1.165, 1.54) is 57.6 Å². The zero-order valence-electron chi connectivity index (χ0n) is 27.3. The van der Waals surface area contributed by atoms with Crippen molar-refractivity contribution in [1.82, 2.24) is 10.2 Å². The molecule has 0 aromatic heterocycles. The summed E-state index contributed by atoms with van der Waals surface area (Å²) in [4.78, 5) is 29.2. The Hall–Kier alpha value is -4.16. The largest absolute Gasteiger partial charge is 0.497 e. The van der Waals surface area contributed by atoms with E-state index in [4.69, 9.17) is 30.5 Å². The lowest BCUT2D eigenvalue weighted by atomic mass is 9.95. The topological polar surface area (TPSA) is 124 Å². The first-order valence-corrected chi connectivity index (χ1v) is 17.2. The first kappa shape index (κ1) is 35.7. The van der Waals surface area contributed by atoms with Gasteiger partial charge in [-0.1, -0.05) is 49.1 Å². The average molecular weight is 688 g/mol. The van der Waals surface area contributed by atoms with E-state index < -0.39 is 28.5 Å². The summed E-state index contributed by atoms with van der Waals surface area (Å²) in [7, 11) is 1.22. The minimum Gasteiger partial charge on any atom is -0.497 e. The fourth-order valence-corrected chi connectivity index (χ4v) is 7.20. The third kappa shape index (κ3) is 8.41. The van der Waals surface area contributed by atoms with Crippen LogP contribution in [0.3, 0.4) is 0 Å². The van der Waals surface area contributed by atoms with E-state index in [-0.39, 0.29) is 40.6 Å². The fourth-order valence-electron chi connectivity index (χ4n) is 5.57. The molecule has 1 fully saturated rings. The number of sulfonamides is 1. The summed E-state index contributed by atoms with van der Waals surface area (Å²) in [5.41, 5.74) is 0.667. The van der Waals surface area contributed by atoms with Crippen LogP contribution in [0.1, 0.15) is 44.6 Å². The number of nitrogens with one attached hydrogen (secondary N) is 1. The molecule has 2 amide bonds. The Bertz CT molecular complexity index is 1660. The van der Waals surface area contributed by atoms with Crippen LogP contribution in [0.15, 0.2) is 65.6 Å². The van der Waals surface area contributed by atoms with Gasteiger partial charge in [0.25, 0.3) is 10.0 Å². The van der Waals surface area contributed by atoms with Crippen LogP contribution in [0, 0.1) is 0 Å². The molecule has 1 aliphatic carbocycles. The smallest absolute Gasteiger partial charge is 0.265 e. The Balaban J connectivity index is 1.79. The van der Waals surface area contributed by atoms with Crippen LogP contribution in [0.4, 0.5) is 5.69 Å². The van der Waals surface area contributed by atoms with Crippen LogP contribution >= 0.6 is 11.6 Å². The van der Waals surface area contributed by atoms with Crippen molar-refractivity contribution >= 4 is 39.1 Å². The molecule has 0 spiro atoms. The number of halogens is 1. The fraction of sp³-hybridized carbons (Fsp3) is 0.412. The number of anilines is 1. The van der Waals surface area contributed by atoms with Crippen molar-refractivity contribution in [3.8, 4) is 23.0 Å². The number of rotatable bonds is 14. The first-order valence-electron chi connectivity index (χ1n) is 15.3. The zero-order valence-corrected chi connectivity index (χ0v) is 28.9. The van der Waals surface area contributed by atoms with Crippen LogP contribution < -0.4 is 28.6 Å². The van der Waals surface area contributed by atoms with Gasteiger partial charge in [0, 0.05) is 29.7 Å². The van der Waals surface area contributed by atoms with Gasteiger partial charge < -0.3 is 29.2 Å². The third-order valence-electron chi connectivity index (χ3n) is 8.29. The highest BCUT2D eigenvalue weighted by atomic mass is 35.5. The lowest BCUT2D eigenvalue weighted by Crippen LogP contribution is -2.53. The quantitative estimate of drug-likeness (QED) is 0.238. The van der Waals surface area contributed by atoms with Gasteiger partial charge in [-0.05, 0) is 55.7 Å². The number of methoxy groups -OCH3 is 4. The number of carbonyl (C=O) groups is 2. The van der Waals surface area contributed by atoms with Crippen LogP contribution in [0.2, 0.25) is 5.02 Å². The minimum absolute atomic E-state index is 0.0129. The summed E-state index contributed by atoms with van der Waals surface area (Å²) in [6.07, 6.45) is 4.89. The van der Waals surface area contributed by atoms with Gasteiger partial charge in [0.2, 0.25) is 11.8 Å². The first-order chi connectivity index (χ1) is 22.5. The zero-order chi connectivity index (χ0) is 34.1. The number of hydrogen-bond donors (Lipinski definition) is 1. The van der Waals surface area contributed by atoms with Gasteiger partial charge in [-0.15, -0.1) is 0 Å². The van der Waals surface area contributed by atoms with E-state index in [1.807, 2.05) is 0 Å². The molecule has 13 heteroatoms. The maximum absolute atomic E-state index is 14.5. The molecule has 11 nitrogen and oxygen atoms in total. The summed E-state index contributed by atoms with van der Waals surface area (Å²) in [5, 5.41) is 3.50. The number of amides is 2. The SMILES string of the molecule is COc1ccc(OC)c(N(CC(=O)N(Cc2ccccc2Cl)C(C)C(=O)NC2CCCCC2)S(=O)(=O)c2ccc(OC)c(OC)c2)c1. The summed E-state index contributed by atoms with van der Waals surface area (Å²) < 4.78 is 51.5. The molecule has 0 radical (unpaired) electrons. The highest BCUT2D eigenvalue weighted by Gasteiger charge is 2.35. The molecular weight excluding hydrogens is 646 g/mol. The van der Waals surface area contributed by atoms with E-state index in [1.54, 1.807) is 43.3 Å². The number of hydrogen-bond acceptors (Lipinski definition) is 8. The van der Waals surface area contributed by atoms with Gasteiger partial charge in [0.15, 0.2) is 11.5 Å². The Labute approximate surface area is 281 Å². The Morgan fingerprint density at radius 1 is 0.872 bits per heavy atom. The number of ether oxygens (including phenoxy) is 4. The lowest BCUT2D eigenvalue weighted by Gasteiger charge is -2.33. The van der Waals surface area contributed by atoms with Crippen molar-refractivity contribution in [3.05, 3.63) is 71.2 Å². The molecule has 3 aromatic rings. The highest BCUT2D eigenvalue weighted by Crippen LogP contribution is 2.38. The van der Waals surface area contributed by atoms with E-state index in [0.29, 0.717) is 22.1 Å². The second-order valence-electron chi connectivity index (χ2n) is 11.2. The lowest BCUT2D eigenvalue weighted by molar-refractivity contribution is -0.139. The van der Waals surface area contributed by atoms with Gasteiger partial charge in [-0.25, -0.2) is 8.42 Å². The molecule has 254 valence electrons. The third-order valence-corrected chi connectivity index (χ3v) is 10.4. The highest BCUT2D eigenvalue weighted by molar-refractivity contribution is 7.92. The molecule has 4 rings (SSSR count). The molecule has 0 aliphatic heterocycles. The Kier molecular flexibility index (Phi) is 12.2. The average Bonchev–Trinajstić information content (AvgIpc) is 3.09. The number of nitrogens with zero attached hydrogens (tertiary/aromatic N) is 2. The molecule has 1 atom stereocenters. The Morgan fingerprint density at radius 2 is 1.53 bits per heavy atom. The van der Waals surface area contributed by atoms with Crippen LogP contribution in [-0.4, -0.2) is 72.2 Å². The van der Waals surface area contributed by atoms with E-state index in [9.17, 15) is 18.0 Å². The van der Waals surface area contributed by atoms with Gasteiger partial charge in [-0.3, -0.25) is 13.9 Å².